The SMILES string of the molecule is Cc1cc2[nH]nc(/C=C/c3cccc(NC(=O)NCCN4CCCC4)c3)c2cc1NC(=O)Cc1cccs1. The second-order valence-electron chi connectivity index (χ2n) is 9.51. The van der Waals surface area contributed by atoms with Gasteiger partial charge in [-0.3, -0.25) is 9.89 Å². The van der Waals surface area contributed by atoms with Crippen LogP contribution in [0.3, 0.4) is 0 Å². The van der Waals surface area contributed by atoms with Gasteiger partial charge in [-0.25, -0.2) is 4.79 Å². The lowest BCUT2D eigenvalue weighted by Crippen LogP contribution is -2.35. The van der Waals surface area contributed by atoms with E-state index in [-0.39, 0.29) is 11.9 Å². The zero-order chi connectivity index (χ0) is 26.3. The number of nitrogens with one attached hydrogen (secondary N) is 4. The smallest absolute Gasteiger partial charge is 0.319 e. The van der Waals surface area contributed by atoms with Crippen LogP contribution in [0.2, 0.25) is 0 Å². The third-order valence-electron chi connectivity index (χ3n) is 6.62. The molecule has 2 aromatic heterocycles. The fourth-order valence-electron chi connectivity index (χ4n) is 4.62. The summed E-state index contributed by atoms with van der Waals surface area (Å²) < 4.78 is 0. The summed E-state index contributed by atoms with van der Waals surface area (Å²) in [5.41, 5.74) is 5.08. The molecule has 1 fully saturated rings. The third-order valence-corrected chi connectivity index (χ3v) is 7.49. The summed E-state index contributed by atoms with van der Waals surface area (Å²) in [5.74, 6) is -0.0418. The van der Waals surface area contributed by atoms with Crippen LogP contribution in [0.1, 0.15) is 34.5 Å². The number of nitrogens with zero attached hydrogens (tertiary/aromatic N) is 2. The summed E-state index contributed by atoms with van der Waals surface area (Å²) in [6, 6.07) is 15.3. The van der Waals surface area contributed by atoms with Crippen LogP contribution in [-0.4, -0.2) is 53.2 Å². The van der Waals surface area contributed by atoms with Gasteiger partial charge in [-0.05, 0) is 85.8 Å². The van der Waals surface area contributed by atoms with Crippen LogP contribution < -0.4 is 16.0 Å². The number of hydrogen-bond acceptors (Lipinski definition) is 5. The Labute approximate surface area is 226 Å². The van der Waals surface area contributed by atoms with Crippen molar-refractivity contribution in [2.24, 2.45) is 0 Å². The van der Waals surface area contributed by atoms with Crippen molar-refractivity contribution >= 4 is 57.7 Å². The van der Waals surface area contributed by atoms with E-state index in [4.69, 9.17) is 0 Å². The van der Waals surface area contributed by atoms with Gasteiger partial charge in [0.2, 0.25) is 5.91 Å². The first-order valence-electron chi connectivity index (χ1n) is 12.9. The molecule has 0 bridgehead atoms. The molecule has 3 amide bonds. The number of benzene rings is 2. The molecule has 196 valence electrons. The van der Waals surface area contributed by atoms with Crippen molar-refractivity contribution in [3.8, 4) is 0 Å². The summed E-state index contributed by atoms with van der Waals surface area (Å²) in [4.78, 5) is 28.3. The number of H-pyrrole nitrogens is 1. The van der Waals surface area contributed by atoms with Crippen LogP contribution in [0, 0.1) is 6.92 Å². The molecule has 1 saturated heterocycles. The Kier molecular flexibility index (Phi) is 8.15. The number of aromatic nitrogens is 2. The second kappa shape index (κ2) is 12.1. The number of hydrogen-bond donors (Lipinski definition) is 4. The molecule has 0 aliphatic carbocycles. The van der Waals surface area contributed by atoms with Gasteiger partial charge in [-0.15, -0.1) is 11.3 Å². The molecular weight excluding hydrogens is 496 g/mol. The molecule has 0 atom stereocenters. The van der Waals surface area contributed by atoms with E-state index >= 15 is 0 Å². The van der Waals surface area contributed by atoms with Gasteiger partial charge < -0.3 is 20.9 Å². The highest BCUT2D eigenvalue weighted by atomic mass is 32.1. The maximum absolute atomic E-state index is 12.6. The summed E-state index contributed by atoms with van der Waals surface area (Å²) in [7, 11) is 0. The van der Waals surface area contributed by atoms with Gasteiger partial charge in [-0.2, -0.15) is 5.10 Å². The third kappa shape index (κ3) is 6.67. The minimum Gasteiger partial charge on any atom is -0.337 e. The summed E-state index contributed by atoms with van der Waals surface area (Å²) >= 11 is 1.58. The number of aromatic amines is 1. The highest BCUT2D eigenvalue weighted by Gasteiger charge is 2.12. The van der Waals surface area contributed by atoms with Crippen LogP contribution in [0.4, 0.5) is 16.2 Å². The molecule has 1 aliphatic rings. The number of likely N-dealkylation sites (tertiary alicyclic amines) is 1. The zero-order valence-corrected chi connectivity index (χ0v) is 22.2. The molecule has 3 heterocycles. The fourth-order valence-corrected chi connectivity index (χ4v) is 5.33. The standard InChI is InChI=1S/C29H32N6O2S/c1-20-16-27-24(19-26(20)32-28(36)18-23-8-5-15-38-23)25(33-34-27)10-9-21-6-4-7-22(17-21)31-29(37)30-11-14-35-12-2-3-13-35/h4-10,15-17,19H,2-3,11-14,18H2,1H3,(H,32,36)(H,33,34)(H2,30,31,37)/b10-9+. The average molecular weight is 529 g/mol. The van der Waals surface area contributed by atoms with E-state index in [1.54, 1.807) is 11.3 Å². The van der Waals surface area contributed by atoms with Crippen molar-refractivity contribution in [2.45, 2.75) is 26.2 Å². The number of thiophene rings is 1. The first-order valence-corrected chi connectivity index (χ1v) is 13.8. The van der Waals surface area contributed by atoms with Gasteiger partial charge in [0, 0.05) is 34.7 Å². The van der Waals surface area contributed by atoms with E-state index in [0.29, 0.717) is 13.0 Å². The van der Waals surface area contributed by atoms with E-state index in [1.165, 1.54) is 12.8 Å². The number of amides is 3. The Morgan fingerprint density at radius 3 is 2.76 bits per heavy atom. The molecule has 0 spiro atoms. The molecular formula is C29H32N6O2S. The number of urea groups is 1. The lowest BCUT2D eigenvalue weighted by Gasteiger charge is -2.15. The van der Waals surface area contributed by atoms with Gasteiger partial charge >= 0.3 is 6.03 Å². The highest BCUT2D eigenvalue weighted by Crippen LogP contribution is 2.26. The zero-order valence-electron chi connectivity index (χ0n) is 21.4. The molecule has 4 aromatic rings. The maximum Gasteiger partial charge on any atom is 0.319 e. The van der Waals surface area contributed by atoms with Gasteiger partial charge in [0.15, 0.2) is 0 Å². The van der Waals surface area contributed by atoms with E-state index in [9.17, 15) is 9.59 Å². The molecule has 0 unspecified atom stereocenters. The van der Waals surface area contributed by atoms with E-state index in [2.05, 4.69) is 31.0 Å². The normalized spacial score (nSPS) is 13.8. The van der Waals surface area contributed by atoms with Crippen LogP contribution in [-0.2, 0) is 11.2 Å². The summed E-state index contributed by atoms with van der Waals surface area (Å²) in [6.45, 7) is 5.72. The van der Waals surface area contributed by atoms with E-state index in [1.807, 2.05) is 73.0 Å². The number of carbonyl (C=O) groups is 2. The van der Waals surface area contributed by atoms with Crippen LogP contribution in [0.15, 0.2) is 53.9 Å². The fraction of sp³-hybridized carbons (Fsp3) is 0.276. The lowest BCUT2D eigenvalue weighted by molar-refractivity contribution is -0.115. The van der Waals surface area contributed by atoms with Crippen LogP contribution in [0.5, 0.6) is 0 Å². The van der Waals surface area contributed by atoms with Crippen molar-refractivity contribution in [3.63, 3.8) is 0 Å². The summed E-state index contributed by atoms with van der Waals surface area (Å²) in [5, 5.41) is 19.3. The number of rotatable bonds is 9. The van der Waals surface area contributed by atoms with Crippen molar-refractivity contribution in [2.75, 3.05) is 36.8 Å². The largest absolute Gasteiger partial charge is 0.337 e. The quantitative estimate of drug-likeness (QED) is 0.230. The number of carbonyl (C=O) groups excluding carboxylic acids is 2. The molecule has 8 nitrogen and oxygen atoms in total. The highest BCUT2D eigenvalue weighted by molar-refractivity contribution is 7.10. The van der Waals surface area contributed by atoms with Gasteiger partial charge in [0.25, 0.3) is 0 Å². The Bertz CT molecular complexity index is 1440. The number of fused-ring (bicyclic) bond motifs is 1. The Hall–Kier alpha value is -3.95. The minimum absolute atomic E-state index is 0.0418. The molecule has 38 heavy (non-hydrogen) atoms. The Morgan fingerprint density at radius 2 is 1.95 bits per heavy atom. The molecule has 1 aliphatic heterocycles. The van der Waals surface area contributed by atoms with Crippen molar-refractivity contribution < 1.29 is 9.59 Å². The molecule has 2 aromatic carbocycles. The monoisotopic (exact) mass is 528 g/mol. The Balaban J connectivity index is 1.22. The predicted octanol–water partition coefficient (Wildman–Crippen LogP) is 5.50. The molecule has 9 heteroatoms. The number of anilines is 2. The molecule has 0 radical (unpaired) electrons. The van der Waals surface area contributed by atoms with Crippen LogP contribution >= 0.6 is 11.3 Å². The topological polar surface area (TPSA) is 102 Å². The Morgan fingerprint density at radius 1 is 1.08 bits per heavy atom. The predicted molar refractivity (Wildman–Crippen MR) is 156 cm³/mol. The minimum atomic E-state index is -0.201. The molecule has 0 saturated carbocycles. The van der Waals surface area contributed by atoms with Gasteiger partial charge in [-0.1, -0.05) is 24.3 Å². The van der Waals surface area contributed by atoms with Crippen molar-refractivity contribution in [1.82, 2.24) is 20.4 Å². The van der Waals surface area contributed by atoms with Crippen molar-refractivity contribution in [3.05, 3.63) is 75.6 Å². The lowest BCUT2D eigenvalue weighted by atomic mass is 10.1. The van der Waals surface area contributed by atoms with Crippen LogP contribution in [0.25, 0.3) is 23.1 Å². The summed E-state index contributed by atoms with van der Waals surface area (Å²) in [6.07, 6.45) is 6.73. The van der Waals surface area contributed by atoms with Gasteiger partial charge in [0.1, 0.15) is 0 Å². The molecule has 4 N–H and O–H groups in total. The number of aryl methyl sites for hydroxylation is 1. The average Bonchev–Trinajstić information content (AvgIpc) is 3.67. The first kappa shape index (κ1) is 25.7. The maximum atomic E-state index is 12.6. The van der Waals surface area contributed by atoms with E-state index in [0.717, 1.165) is 63.6 Å². The van der Waals surface area contributed by atoms with Crippen molar-refractivity contribution in [1.29, 1.82) is 0 Å². The second-order valence-corrected chi connectivity index (χ2v) is 10.5. The van der Waals surface area contributed by atoms with E-state index < -0.39 is 0 Å². The first-order chi connectivity index (χ1) is 18.5. The molecule has 5 rings (SSSR count). The van der Waals surface area contributed by atoms with Gasteiger partial charge in [0.05, 0.1) is 17.6 Å².